The number of nitrogens with two attached hydrogens (primary N) is 1. The minimum atomic E-state index is -1.12. The van der Waals surface area contributed by atoms with Crippen molar-refractivity contribution >= 4 is 35.4 Å². The monoisotopic (exact) mass is 479 g/mol. The summed E-state index contributed by atoms with van der Waals surface area (Å²) >= 11 is 1.46. The molecule has 4 aliphatic rings. The van der Waals surface area contributed by atoms with Gasteiger partial charge in [-0.15, -0.1) is 11.8 Å². The van der Waals surface area contributed by atoms with Crippen LogP contribution in [0.1, 0.15) is 40.0 Å². The summed E-state index contributed by atoms with van der Waals surface area (Å²) in [5.74, 6) is -1.55. The van der Waals surface area contributed by atoms with Gasteiger partial charge in [0.05, 0.1) is 36.0 Å². The summed E-state index contributed by atoms with van der Waals surface area (Å²) in [5.41, 5.74) is 5.71. The molecule has 0 aromatic carbocycles. The van der Waals surface area contributed by atoms with Gasteiger partial charge in [0.25, 0.3) is 0 Å². The smallest absolute Gasteiger partial charge is 0.353 e. The van der Waals surface area contributed by atoms with E-state index >= 15 is 0 Å². The quantitative estimate of drug-likeness (QED) is 0.236. The molecule has 2 amide bonds. The second-order valence-electron chi connectivity index (χ2n) is 9.54. The highest BCUT2D eigenvalue weighted by atomic mass is 32.2. The molecular weight excluding hydrogens is 446 g/mol. The maximum atomic E-state index is 13.0. The number of thioether (sulfide) groups is 1. The Kier molecular flexibility index (Phi) is 6.75. The molecule has 0 bridgehead atoms. The Morgan fingerprint density at radius 2 is 1.97 bits per heavy atom. The van der Waals surface area contributed by atoms with Gasteiger partial charge in [-0.2, -0.15) is 0 Å². The van der Waals surface area contributed by atoms with Crippen LogP contribution in [-0.4, -0.2) is 92.7 Å². The number of piperidine rings is 1. The van der Waals surface area contributed by atoms with Gasteiger partial charge in [-0.1, -0.05) is 6.92 Å². The van der Waals surface area contributed by atoms with E-state index in [2.05, 4.69) is 10.3 Å². The summed E-state index contributed by atoms with van der Waals surface area (Å²) in [5, 5.41) is 23.1. The van der Waals surface area contributed by atoms with Crippen molar-refractivity contribution in [2.24, 2.45) is 22.6 Å². The van der Waals surface area contributed by atoms with E-state index in [1.54, 1.807) is 13.8 Å². The summed E-state index contributed by atoms with van der Waals surface area (Å²) in [6.45, 7) is 7.16. The van der Waals surface area contributed by atoms with Gasteiger partial charge >= 0.3 is 5.97 Å². The van der Waals surface area contributed by atoms with E-state index in [0.29, 0.717) is 36.8 Å². The average molecular weight is 480 g/mol. The summed E-state index contributed by atoms with van der Waals surface area (Å²) in [4.78, 5) is 45.8. The predicted molar refractivity (Wildman–Crippen MR) is 124 cm³/mol. The van der Waals surface area contributed by atoms with E-state index in [0.717, 1.165) is 12.8 Å². The maximum absolute atomic E-state index is 13.0. The van der Waals surface area contributed by atoms with E-state index in [1.165, 1.54) is 16.7 Å². The third kappa shape index (κ3) is 4.38. The molecule has 0 aromatic heterocycles. The molecular formula is C22H33N5O5S. The number of carboxylic acids is 1. The van der Waals surface area contributed by atoms with Gasteiger partial charge in [0, 0.05) is 35.7 Å². The molecule has 6 atom stereocenters. The number of fused-ring (bicyclic) bond motifs is 1. The van der Waals surface area contributed by atoms with Crippen LogP contribution in [0.3, 0.4) is 0 Å². The Balaban J connectivity index is 1.38. The van der Waals surface area contributed by atoms with Crippen molar-refractivity contribution in [3.05, 3.63) is 10.6 Å². The minimum absolute atomic E-state index is 0.0339. The molecule has 10 nitrogen and oxygen atoms in total. The normalized spacial score (nSPS) is 33.9. The minimum Gasteiger partial charge on any atom is -0.477 e. The number of aliphatic carboxylic acids is 1. The molecule has 0 aliphatic carbocycles. The molecule has 3 saturated heterocycles. The first-order valence-corrected chi connectivity index (χ1v) is 12.4. The zero-order valence-corrected chi connectivity index (χ0v) is 20.0. The number of β-lactam (4-membered cyclic amide) rings is 1. The molecule has 0 saturated carbocycles. The van der Waals surface area contributed by atoms with Crippen molar-refractivity contribution in [2.75, 3.05) is 19.6 Å². The molecule has 3 fully saturated rings. The van der Waals surface area contributed by atoms with Crippen LogP contribution in [0.5, 0.6) is 0 Å². The first-order valence-electron chi connectivity index (χ1n) is 11.6. The molecule has 5 unspecified atom stereocenters. The highest BCUT2D eigenvalue weighted by Gasteiger charge is 2.60. The van der Waals surface area contributed by atoms with Gasteiger partial charge in [-0.3, -0.25) is 14.6 Å². The standard InChI is InChI=1S/C22H33N5O5S/c1-10-17-16(11(2)28)21(30)27(17)18(22(31)32)19(10)33-14-8-15(24-9-14)20(29)26-6-4-13(5-7-26)25-12(3)23/h10-11,13-17,24,28H,4-9H2,1-3H3,(H2,23,25)(H,31,32)/t10?,11?,14?,15?,16?,17-/m0/s1. The van der Waals surface area contributed by atoms with Crippen LogP contribution in [0.2, 0.25) is 0 Å². The number of amides is 2. The van der Waals surface area contributed by atoms with Crippen LogP contribution in [0.25, 0.3) is 0 Å². The Labute approximate surface area is 197 Å². The van der Waals surface area contributed by atoms with E-state index < -0.39 is 18.0 Å². The molecule has 5 N–H and O–H groups in total. The maximum Gasteiger partial charge on any atom is 0.353 e. The number of aliphatic hydroxyl groups excluding tert-OH is 1. The van der Waals surface area contributed by atoms with Gasteiger partial charge in [0.2, 0.25) is 11.8 Å². The number of likely N-dealkylation sites (tertiary alicyclic amines) is 1. The number of nitrogens with zero attached hydrogens (tertiary/aromatic N) is 3. The molecule has 11 heteroatoms. The second-order valence-corrected chi connectivity index (χ2v) is 10.9. The van der Waals surface area contributed by atoms with Crippen LogP contribution < -0.4 is 11.1 Å². The van der Waals surface area contributed by atoms with E-state index in [-0.39, 0.29) is 46.8 Å². The highest BCUT2D eigenvalue weighted by molar-refractivity contribution is 8.03. The lowest BCUT2D eigenvalue weighted by Gasteiger charge is -2.46. The fourth-order valence-corrected chi connectivity index (χ4v) is 7.04. The lowest BCUT2D eigenvalue weighted by molar-refractivity contribution is -0.163. The number of aliphatic imine (C=N–C) groups is 1. The van der Waals surface area contributed by atoms with E-state index in [4.69, 9.17) is 5.73 Å². The average Bonchev–Trinajstić information content (AvgIpc) is 3.30. The van der Waals surface area contributed by atoms with Crippen LogP contribution in [0, 0.1) is 11.8 Å². The number of carbonyl (C=O) groups excluding carboxylic acids is 2. The molecule has 4 rings (SSSR count). The lowest BCUT2D eigenvalue weighted by Crippen LogP contribution is -2.63. The van der Waals surface area contributed by atoms with Crippen molar-refractivity contribution in [2.45, 2.75) is 69.5 Å². The fraction of sp³-hybridized carbons (Fsp3) is 0.727. The van der Waals surface area contributed by atoms with E-state index in [9.17, 15) is 24.6 Å². The van der Waals surface area contributed by atoms with Crippen molar-refractivity contribution in [1.29, 1.82) is 0 Å². The van der Waals surface area contributed by atoms with Gasteiger partial charge < -0.3 is 31.1 Å². The largest absolute Gasteiger partial charge is 0.477 e. The number of hydrogen-bond acceptors (Lipinski definition) is 7. The number of carbonyl (C=O) groups is 3. The molecule has 4 aliphatic heterocycles. The first kappa shape index (κ1) is 24.0. The van der Waals surface area contributed by atoms with Crippen LogP contribution in [0.15, 0.2) is 15.6 Å². The highest BCUT2D eigenvalue weighted by Crippen LogP contribution is 2.51. The van der Waals surface area contributed by atoms with Crippen LogP contribution in [-0.2, 0) is 14.4 Å². The number of hydrogen-bond donors (Lipinski definition) is 4. The number of rotatable bonds is 6. The van der Waals surface area contributed by atoms with Crippen molar-refractivity contribution < 1.29 is 24.6 Å². The molecule has 0 spiro atoms. The first-order chi connectivity index (χ1) is 15.6. The van der Waals surface area contributed by atoms with Crippen LogP contribution >= 0.6 is 11.8 Å². The summed E-state index contributed by atoms with van der Waals surface area (Å²) in [6, 6.07) is -0.449. The molecule has 33 heavy (non-hydrogen) atoms. The van der Waals surface area contributed by atoms with Gasteiger partial charge in [0.15, 0.2) is 0 Å². The third-order valence-electron chi connectivity index (χ3n) is 7.16. The fourth-order valence-electron chi connectivity index (χ4n) is 5.56. The Bertz CT molecular complexity index is 894. The second kappa shape index (κ2) is 9.27. The zero-order valence-electron chi connectivity index (χ0n) is 19.2. The topological polar surface area (TPSA) is 149 Å². The van der Waals surface area contributed by atoms with Crippen molar-refractivity contribution in [3.8, 4) is 0 Å². The molecule has 0 aromatic rings. The third-order valence-corrected chi connectivity index (χ3v) is 8.67. The SMILES string of the molecule is CC(N)=NC1CCN(C(=O)C2CC(SC3=C(C(=O)O)N4C(=O)C(C(C)O)[C@@H]4C3C)CN2)CC1. The number of carboxylic acid groups (broad SMARTS) is 1. The van der Waals surface area contributed by atoms with E-state index in [1.807, 2.05) is 11.8 Å². The zero-order chi connectivity index (χ0) is 24.0. The molecule has 0 radical (unpaired) electrons. The van der Waals surface area contributed by atoms with Gasteiger partial charge in [0.1, 0.15) is 5.70 Å². The Morgan fingerprint density at radius 1 is 1.30 bits per heavy atom. The summed E-state index contributed by atoms with van der Waals surface area (Å²) in [6.07, 6.45) is 1.38. The molecule has 182 valence electrons. The summed E-state index contributed by atoms with van der Waals surface area (Å²) < 4.78 is 0. The summed E-state index contributed by atoms with van der Waals surface area (Å²) in [7, 11) is 0. The predicted octanol–water partition coefficient (Wildman–Crippen LogP) is -0.0281. The van der Waals surface area contributed by atoms with Gasteiger partial charge in [-0.25, -0.2) is 4.79 Å². The number of nitrogens with one attached hydrogen (secondary N) is 1. The van der Waals surface area contributed by atoms with Crippen molar-refractivity contribution in [3.63, 3.8) is 0 Å². The Morgan fingerprint density at radius 3 is 2.55 bits per heavy atom. The van der Waals surface area contributed by atoms with Crippen LogP contribution in [0.4, 0.5) is 0 Å². The lowest BCUT2D eigenvalue weighted by atomic mass is 9.79. The number of amidine groups is 1. The molecule has 4 heterocycles. The Hall–Kier alpha value is -2.11. The van der Waals surface area contributed by atoms with Crippen molar-refractivity contribution in [1.82, 2.24) is 15.1 Å². The number of aliphatic hydroxyl groups is 1. The van der Waals surface area contributed by atoms with Gasteiger partial charge in [-0.05, 0) is 33.1 Å².